The average Bonchev–Trinajstić information content (AvgIpc) is 2.29. The van der Waals surface area contributed by atoms with E-state index >= 15 is 0 Å². The molecule has 0 spiro atoms. The highest BCUT2D eigenvalue weighted by Gasteiger charge is 2.12. The van der Waals surface area contributed by atoms with Gasteiger partial charge in [0, 0.05) is 6.04 Å². The van der Waals surface area contributed by atoms with Gasteiger partial charge < -0.3 is 10.2 Å². The molecule has 0 aromatic carbocycles. The van der Waals surface area contributed by atoms with Crippen molar-refractivity contribution >= 4 is 0 Å². The van der Waals surface area contributed by atoms with Crippen LogP contribution in [0.3, 0.4) is 0 Å². The van der Waals surface area contributed by atoms with Crippen LogP contribution in [0.1, 0.15) is 52.4 Å². The second kappa shape index (κ2) is 8.08. The predicted octanol–water partition coefficient (Wildman–Crippen LogP) is 2.89. The SMILES string of the molecule is CC(C)N(C)CCCNCC1CCCCC1. The van der Waals surface area contributed by atoms with Crippen LogP contribution >= 0.6 is 0 Å². The van der Waals surface area contributed by atoms with E-state index in [0.717, 1.165) is 5.92 Å². The normalized spacial score (nSPS) is 18.6. The molecule has 0 atom stereocenters. The Hall–Kier alpha value is -0.0800. The van der Waals surface area contributed by atoms with Gasteiger partial charge in [-0.15, -0.1) is 0 Å². The molecular formula is C14H30N2. The van der Waals surface area contributed by atoms with Crippen molar-refractivity contribution in [2.75, 3.05) is 26.7 Å². The highest BCUT2D eigenvalue weighted by Crippen LogP contribution is 2.22. The minimum atomic E-state index is 0.679. The average molecular weight is 226 g/mol. The van der Waals surface area contributed by atoms with E-state index in [2.05, 4.69) is 31.1 Å². The third-order valence-electron chi connectivity index (χ3n) is 3.90. The Morgan fingerprint density at radius 2 is 1.88 bits per heavy atom. The molecule has 1 N–H and O–H groups in total. The summed E-state index contributed by atoms with van der Waals surface area (Å²) in [5.74, 6) is 0.969. The van der Waals surface area contributed by atoms with Crippen molar-refractivity contribution in [3.8, 4) is 0 Å². The van der Waals surface area contributed by atoms with Crippen LogP contribution < -0.4 is 5.32 Å². The van der Waals surface area contributed by atoms with E-state index < -0.39 is 0 Å². The summed E-state index contributed by atoms with van der Waals surface area (Å²) in [5.41, 5.74) is 0. The van der Waals surface area contributed by atoms with E-state index in [1.807, 2.05) is 0 Å². The lowest BCUT2D eigenvalue weighted by Crippen LogP contribution is -2.31. The Morgan fingerprint density at radius 1 is 1.19 bits per heavy atom. The molecule has 0 aromatic heterocycles. The number of hydrogen-bond donors (Lipinski definition) is 1. The molecule has 2 heteroatoms. The molecule has 1 saturated carbocycles. The third-order valence-corrected chi connectivity index (χ3v) is 3.90. The van der Waals surface area contributed by atoms with Gasteiger partial charge in [0.25, 0.3) is 0 Å². The first-order chi connectivity index (χ1) is 7.70. The van der Waals surface area contributed by atoms with Gasteiger partial charge in [-0.05, 0) is 65.7 Å². The molecule has 16 heavy (non-hydrogen) atoms. The summed E-state index contributed by atoms with van der Waals surface area (Å²) < 4.78 is 0. The molecule has 96 valence electrons. The summed E-state index contributed by atoms with van der Waals surface area (Å²) in [6.45, 7) is 8.18. The maximum Gasteiger partial charge on any atom is 0.00355 e. The molecule has 2 nitrogen and oxygen atoms in total. The molecule has 1 rings (SSSR count). The summed E-state index contributed by atoms with van der Waals surface area (Å²) in [7, 11) is 2.21. The van der Waals surface area contributed by atoms with Crippen molar-refractivity contribution in [3.05, 3.63) is 0 Å². The smallest absolute Gasteiger partial charge is 0.00355 e. The van der Waals surface area contributed by atoms with Gasteiger partial charge in [0.2, 0.25) is 0 Å². The zero-order valence-corrected chi connectivity index (χ0v) is 11.5. The predicted molar refractivity (Wildman–Crippen MR) is 71.8 cm³/mol. The highest BCUT2D eigenvalue weighted by atomic mass is 15.1. The van der Waals surface area contributed by atoms with Gasteiger partial charge in [0.05, 0.1) is 0 Å². The second-order valence-corrected chi connectivity index (χ2v) is 5.64. The minimum Gasteiger partial charge on any atom is -0.316 e. The molecule has 0 amide bonds. The van der Waals surface area contributed by atoms with E-state index in [-0.39, 0.29) is 0 Å². The quantitative estimate of drug-likeness (QED) is 0.672. The fourth-order valence-corrected chi connectivity index (χ4v) is 2.41. The lowest BCUT2D eigenvalue weighted by atomic mass is 9.89. The molecule has 0 aliphatic heterocycles. The van der Waals surface area contributed by atoms with Crippen molar-refractivity contribution in [1.82, 2.24) is 10.2 Å². The fourth-order valence-electron chi connectivity index (χ4n) is 2.41. The van der Waals surface area contributed by atoms with Gasteiger partial charge >= 0.3 is 0 Å². The van der Waals surface area contributed by atoms with Crippen molar-refractivity contribution in [2.45, 2.75) is 58.4 Å². The van der Waals surface area contributed by atoms with Crippen molar-refractivity contribution in [3.63, 3.8) is 0 Å². The van der Waals surface area contributed by atoms with Crippen LogP contribution in [0.2, 0.25) is 0 Å². The fraction of sp³-hybridized carbons (Fsp3) is 1.00. The van der Waals surface area contributed by atoms with E-state index in [0.29, 0.717) is 6.04 Å². The lowest BCUT2D eigenvalue weighted by Gasteiger charge is -2.23. The zero-order chi connectivity index (χ0) is 11.8. The Bertz CT molecular complexity index is 162. The zero-order valence-electron chi connectivity index (χ0n) is 11.5. The molecule has 0 saturated heterocycles. The molecule has 1 fully saturated rings. The molecule has 0 aromatic rings. The van der Waals surface area contributed by atoms with Crippen LogP contribution in [0.15, 0.2) is 0 Å². The van der Waals surface area contributed by atoms with Crippen molar-refractivity contribution in [2.24, 2.45) is 5.92 Å². The maximum absolute atomic E-state index is 3.62. The molecule has 0 bridgehead atoms. The summed E-state index contributed by atoms with van der Waals surface area (Å²) >= 11 is 0. The Balaban J connectivity index is 1.91. The van der Waals surface area contributed by atoms with E-state index in [1.54, 1.807) is 0 Å². The molecular weight excluding hydrogens is 196 g/mol. The Kier molecular flexibility index (Phi) is 7.06. The number of rotatable bonds is 7. The van der Waals surface area contributed by atoms with E-state index in [9.17, 15) is 0 Å². The van der Waals surface area contributed by atoms with Crippen molar-refractivity contribution in [1.29, 1.82) is 0 Å². The number of nitrogens with zero attached hydrogens (tertiary/aromatic N) is 1. The van der Waals surface area contributed by atoms with E-state index in [1.165, 1.54) is 58.2 Å². The van der Waals surface area contributed by atoms with Crippen LogP contribution in [0.25, 0.3) is 0 Å². The van der Waals surface area contributed by atoms with Crippen LogP contribution in [-0.4, -0.2) is 37.6 Å². The standard InChI is InChI=1S/C14H30N2/c1-13(2)16(3)11-7-10-15-12-14-8-5-4-6-9-14/h13-15H,4-12H2,1-3H3. The van der Waals surface area contributed by atoms with Gasteiger partial charge in [0.1, 0.15) is 0 Å². The minimum absolute atomic E-state index is 0.679. The van der Waals surface area contributed by atoms with Crippen LogP contribution in [-0.2, 0) is 0 Å². The molecule has 0 unspecified atom stereocenters. The largest absolute Gasteiger partial charge is 0.316 e. The topological polar surface area (TPSA) is 15.3 Å². The van der Waals surface area contributed by atoms with E-state index in [4.69, 9.17) is 0 Å². The van der Waals surface area contributed by atoms with Crippen LogP contribution in [0, 0.1) is 5.92 Å². The molecule has 0 heterocycles. The van der Waals surface area contributed by atoms with Crippen LogP contribution in [0.4, 0.5) is 0 Å². The molecule has 1 aliphatic carbocycles. The Morgan fingerprint density at radius 3 is 2.50 bits per heavy atom. The van der Waals surface area contributed by atoms with Gasteiger partial charge in [-0.3, -0.25) is 0 Å². The van der Waals surface area contributed by atoms with Crippen LogP contribution in [0.5, 0.6) is 0 Å². The van der Waals surface area contributed by atoms with Crippen molar-refractivity contribution < 1.29 is 0 Å². The first kappa shape index (κ1) is 14.0. The maximum atomic E-state index is 3.62. The molecule has 0 radical (unpaired) electrons. The summed E-state index contributed by atoms with van der Waals surface area (Å²) in [5, 5.41) is 3.62. The first-order valence-electron chi connectivity index (χ1n) is 7.11. The van der Waals surface area contributed by atoms with Gasteiger partial charge in [-0.2, -0.15) is 0 Å². The summed E-state index contributed by atoms with van der Waals surface area (Å²) in [6.07, 6.45) is 8.58. The van der Waals surface area contributed by atoms with Gasteiger partial charge in [-0.25, -0.2) is 0 Å². The molecule has 1 aliphatic rings. The first-order valence-corrected chi connectivity index (χ1v) is 7.11. The van der Waals surface area contributed by atoms with Gasteiger partial charge in [0.15, 0.2) is 0 Å². The lowest BCUT2D eigenvalue weighted by molar-refractivity contribution is 0.266. The third kappa shape index (κ3) is 5.86. The summed E-state index contributed by atoms with van der Waals surface area (Å²) in [4.78, 5) is 2.42. The Labute approximate surface area is 102 Å². The second-order valence-electron chi connectivity index (χ2n) is 5.64. The summed E-state index contributed by atoms with van der Waals surface area (Å²) in [6, 6.07) is 0.679. The number of nitrogens with one attached hydrogen (secondary N) is 1. The number of hydrogen-bond acceptors (Lipinski definition) is 2. The monoisotopic (exact) mass is 226 g/mol. The van der Waals surface area contributed by atoms with Gasteiger partial charge in [-0.1, -0.05) is 19.3 Å². The highest BCUT2D eigenvalue weighted by molar-refractivity contribution is 4.68.